The van der Waals surface area contributed by atoms with E-state index in [0.29, 0.717) is 6.54 Å². The molecule has 0 bridgehead atoms. The molecule has 2 rings (SSSR count). The summed E-state index contributed by atoms with van der Waals surface area (Å²) in [6.07, 6.45) is 3.41. The first-order chi connectivity index (χ1) is 7.66. The Morgan fingerprint density at radius 1 is 1.56 bits per heavy atom. The maximum absolute atomic E-state index is 10.9. The lowest BCUT2D eigenvalue weighted by molar-refractivity contribution is -0.141. The molecule has 0 amide bonds. The van der Waals surface area contributed by atoms with Gasteiger partial charge >= 0.3 is 5.97 Å². The lowest BCUT2D eigenvalue weighted by Crippen LogP contribution is -2.39. The van der Waals surface area contributed by atoms with Crippen molar-refractivity contribution < 1.29 is 9.90 Å². The Balaban J connectivity index is 2.09. The van der Waals surface area contributed by atoms with Crippen LogP contribution in [-0.2, 0) is 4.79 Å². The molecule has 1 aliphatic rings. The first-order valence-corrected chi connectivity index (χ1v) is 6.05. The van der Waals surface area contributed by atoms with Gasteiger partial charge in [-0.3, -0.25) is 4.79 Å². The van der Waals surface area contributed by atoms with Gasteiger partial charge in [-0.15, -0.1) is 0 Å². The van der Waals surface area contributed by atoms with Gasteiger partial charge in [0.15, 0.2) is 0 Å². The fourth-order valence-corrected chi connectivity index (χ4v) is 2.18. The molecule has 1 N–H and O–H groups in total. The minimum atomic E-state index is -0.707. The summed E-state index contributed by atoms with van der Waals surface area (Å²) in [4.78, 5) is 17.2. The monoisotopic (exact) mass is 284 g/mol. The van der Waals surface area contributed by atoms with E-state index in [1.807, 2.05) is 17.0 Å². The van der Waals surface area contributed by atoms with Crippen molar-refractivity contribution in [2.45, 2.75) is 12.8 Å². The summed E-state index contributed by atoms with van der Waals surface area (Å²) in [6.45, 7) is 1.45. The van der Waals surface area contributed by atoms with Crippen LogP contribution in [-0.4, -0.2) is 29.1 Å². The standard InChI is InChI=1S/C11H13BrN2O2/c12-9-3-4-10(13-6-9)14-5-1-2-8(7-14)11(15)16/h3-4,6,8H,1-2,5,7H2,(H,15,16)/t8-/m1/s1. The van der Waals surface area contributed by atoms with E-state index in [1.165, 1.54) is 0 Å². The average Bonchev–Trinajstić information content (AvgIpc) is 2.30. The van der Waals surface area contributed by atoms with Crippen LogP contribution in [0.4, 0.5) is 5.82 Å². The minimum absolute atomic E-state index is 0.265. The number of rotatable bonds is 2. The van der Waals surface area contributed by atoms with Crippen molar-refractivity contribution in [1.29, 1.82) is 0 Å². The molecule has 5 heteroatoms. The SMILES string of the molecule is O=C(O)[C@@H]1CCCN(c2ccc(Br)cn2)C1. The quantitative estimate of drug-likeness (QED) is 0.904. The Kier molecular flexibility index (Phi) is 3.43. The molecule has 0 aliphatic carbocycles. The number of nitrogens with zero attached hydrogens (tertiary/aromatic N) is 2. The van der Waals surface area contributed by atoms with Crippen LogP contribution in [0.5, 0.6) is 0 Å². The molecule has 1 aromatic heterocycles. The van der Waals surface area contributed by atoms with Gasteiger partial charge in [0.25, 0.3) is 0 Å². The Labute approximate surface area is 102 Å². The van der Waals surface area contributed by atoms with Crippen molar-refractivity contribution in [3.05, 3.63) is 22.8 Å². The summed E-state index contributed by atoms with van der Waals surface area (Å²) < 4.78 is 0.933. The number of anilines is 1. The van der Waals surface area contributed by atoms with Gasteiger partial charge in [-0.25, -0.2) is 4.98 Å². The van der Waals surface area contributed by atoms with Gasteiger partial charge < -0.3 is 10.0 Å². The lowest BCUT2D eigenvalue weighted by Gasteiger charge is -2.31. The molecule has 1 aromatic rings. The highest BCUT2D eigenvalue weighted by atomic mass is 79.9. The smallest absolute Gasteiger partial charge is 0.308 e. The Bertz CT molecular complexity index is 380. The maximum atomic E-state index is 10.9. The Hall–Kier alpha value is -1.10. The predicted octanol–water partition coefficient (Wildman–Crippen LogP) is 2.15. The molecule has 0 unspecified atom stereocenters. The van der Waals surface area contributed by atoms with Gasteiger partial charge in [0.2, 0.25) is 0 Å². The first kappa shape index (κ1) is 11.4. The molecule has 16 heavy (non-hydrogen) atoms. The van der Waals surface area contributed by atoms with Crippen LogP contribution in [0, 0.1) is 5.92 Å². The van der Waals surface area contributed by atoms with Gasteiger partial charge in [-0.1, -0.05) is 0 Å². The number of pyridine rings is 1. The summed E-state index contributed by atoms with van der Waals surface area (Å²) in [5, 5.41) is 8.99. The van der Waals surface area contributed by atoms with Gasteiger partial charge in [0, 0.05) is 23.8 Å². The molecule has 0 spiro atoms. The molecule has 0 saturated carbocycles. The van der Waals surface area contributed by atoms with Gasteiger partial charge in [-0.2, -0.15) is 0 Å². The van der Waals surface area contributed by atoms with Crippen LogP contribution in [0.15, 0.2) is 22.8 Å². The number of carbonyl (C=O) groups is 1. The van der Waals surface area contributed by atoms with Crippen LogP contribution in [0.2, 0.25) is 0 Å². The van der Waals surface area contributed by atoms with E-state index in [1.54, 1.807) is 6.20 Å². The number of carboxylic acid groups (broad SMARTS) is 1. The molecule has 1 saturated heterocycles. The second kappa shape index (κ2) is 4.82. The Morgan fingerprint density at radius 2 is 2.38 bits per heavy atom. The van der Waals surface area contributed by atoms with E-state index in [9.17, 15) is 4.79 Å². The predicted molar refractivity (Wildman–Crippen MR) is 64.5 cm³/mol. The number of hydrogen-bond donors (Lipinski definition) is 1. The molecule has 4 nitrogen and oxygen atoms in total. The zero-order valence-corrected chi connectivity index (χ0v) is 10.4. The molecular formula is C11H13BrN2O2. The van der Waals surface area contributed by atoms with Gasteiger partial charge in [0.1, 0.15) is 5.82 Å². The van der Waals surface area contributed by atoms with Crippen molar-refractivity contribution in [2.75, 3.05) is 18.0 Å². The minimum Gasteiger partial charge on any atom is -0.481 e. The lowest BCUT2D eigenvalue weighted by atomic mass is 9.98. The Morgan fingerprint density at radius 3 is 3.00 bits per heavy atom. The molecule has 1 fully saturated rings. The normalized spacial score (nSPS) is 20.8. The number of halogens is 1. The van der Waals surface area contributed by atoms with E-state index in [2.05, 4.69) is 20.9 Å². The van der Waals surface area contributed by atoms with E-state index < -0.39 is 5.97 Å². The van der Waals surface area contributed by atoms with E-state index in [4.69, 9.17) is 5.11 Å². The summed E-state index contributed by atoms with van der Waals surface area (Å²) in [6, 6.07) is 3.83. The highest BCUT2D eigenvalue weighted by Crippen LogP contribution is 2.22. The van der Waals surface area contributed by atoms with Crippen LogP contribution in [0.3, 0.4) is 0 Å². The van der Waals surface area contributed by atoms with Gasteiger partial charge in [-0.05, 0) is 40.9 Å². The fraction of sp³-hybridized carbons (Fsp3) is 0.455. The summed E-state index contributed by atoms with van der Waals surface area (Å²) in [5.41, 5.74) is 0. The molecule has 1 aliphatic heterocycles. The molecule has 1 atom stereocenters. The molecule has 86 valence electrons. The van der Waals surface area contributed by atoms with Crippen LogP contribution < -0.4 is 4.90 Å². The van der Waals surface area contributed by atoms with Crippen LogP contribution in [0.1, 0.15) is 12.8 Å². The fourth-order valence-electron chi connectivity index (χ4n) is 1.94. The summed E-state index contributed by atoms with van der Waals surface area (Å²) >= 11 is 3.33. The third-order valence-corrected chi connectivity index (χ3v) is 3.28. The van der Waals surface area contributed by atoms with Crippen molar-refractivity contribution in [2.24, 2.45) is 5.92 Å². The van der Waals surface area contributed by atoms with Crippen molar-refractivity contribution in [1.82, 2.24) is 4.98 Å². The molecule has 0 radical (unpaired) electrons. The van der Waals surface area contributed by atoms with Gasteiger partial charge in [0.05, 0.1) is 5.92 Å². The zero-order valence-electron chi connectivity index (χ0n) is 8.77. The number of aromatic nitrogens is 1. The number of carboxylic acids is 1. The number of piperidine rings is 1. The molecular weight excluding hydrogens is 272 g/mol. The summed E-state index contributed by atoms with van der Waals surface area (Å²) in [7, 11) is 0. The van der Waals surface area contributed by atoms with Crippen molar-refractivity contribution in [3.8, 4) is 0 Å². The third kappa shape index (κ3) is 2.52. The maximum Gasteiger partial charge on any atom is 0.308 e. The average molecular weight is 285 g/mol. The highest BCUT2D eigenvalue weighted by Gasteiger charge is 2.25. The summed E-state index contributed by atoms with van der Waals surface area (Å²) in [5.74, 6) is -0.116. The molecule has 2 heterocycles. The van der Waals surface area contributed by atoms with Crippen LogP contribution in [0.25, 0.3) is 0 Å². The third-order valence-electron chi connectivity index (χ3n) is 2.81. The van der Waals surface area contributed by atoms with E-state index >= 15 is 0 Å². The number of aliphatic carboxylic acids is 1. The topological polar surface area (TPSA) is 53.4 Å². The van der Waals surface area contributed by atoms with Crippen molar-refractivity contribution >= 4 is 27.7 Å². The van der Waals surface area contributed by atoms with Crippen molar-refractivity contribution in [3.63, 3.8) is 0 Å². The van der Waals surface area contributed by atoms with E-state index in [0.717, 1.165) is 29.7 Å². The highest BCUT2D eigenvalue weighted by molar-refractivity contribution is 9.10. The first-order valence-electron chi connectivity index (χ1n) is 5.26. The zero-order chi connectivity index (χ0) is 11.5. The largest absolute Gasteiger partial charge is 0.481 e. The van der Waals surface area contributed by atoms with E-state index in [-0.39, 0.29) is 5.92 Å². The van der Waals surface area contributed by atoms with Crippen LogP contribution >= 0.6 is 15.9 Å². The molecule has 0 aromatic carbocycles. The second-order valence-corrected chi connectivity index (χ2v) is 4.87. The second-order valence-electron chi connectivity index (χ2n) is 3.96. The number of hydrogen-bond acceptors (Lipinski definition) is 3.